The maximum Gasteiger partial charge on any atom is 0.261 e. The van der Waals surface area contributed by atoms with Gasteiger partial charge < -0.3 is 15.4 Å². The molecule has 0 aliphatic carbocycles. The Kier molecular flexibility index (Phi) is 6.17. The van der Waals surface area contributed by atoms with Crippen molar-refractivity contribution in [3.63, 3.8) is 0 Å². The first kappa shape index (κ1) is 18.5. The number of aryl methyl sites for hydroxylation is 3. The minimum absolute atomic E-state index is 0.103. The summed E-state index contributed by atoms with van der Waals surface area (Å²) in [7, 11) is 0. The van der Waals surface area contributed by atoms with Crippen molar-refractivity contribution in [3.05, 3.63) is 59.2 Å². The minimum atomic E-state index is -0.685. The smallest absolute Gasteiger partial charge is 0.261 e. The van der Waals surface area contributed by atoms with Crippen LogP contribution >= 0.6 is 0 Å². The summed E-state index contributed by atoms with van der Waals surface area (Å²) < 4.78 is 5.58. The third kappa shape index (κ3) is 5.35. The van der Waals surface area contributed by atoms with Gasteiger partial charge in [-0.3, -0.25) is 9.59 Å². The van der Waals surface area contributed by atoms with Crippen LogP contribution in [0.1, 0.15) is 23.6 Å². The fourth-order valence-corrected chi connectivity index (χ4v) is 2.38. The van der Waals surface area contributed by atoms with Crippen LogP contribution in [0.3, 0.4) is 0 Å². The number of anilines is 1. The number of hydrogen-bond acceptors (Lipinski definition) is 3. The Labute approximate surface area is 148 Å². The molecular weight excluding hydrogens is 316 g/mol. The van der Waals surface area contributed by atoms with Gasteiger partial charge in [-0.2, -0.15) is 0 Å². The molecule has 0 heterocycles. The number of rotatable bonds is 6. The molecule has 2 N–H and O–H groups in total. The summed E-state index contributed by atoms with van der Waals surface area (Å²) in [6.07, 6.45) is -0.685. The molecular formula is C20H24N2O3. The second kappa shape index (κ2) is 8.33. The molecule has 0 spiro atoms. The fourth-order valence-electron chi connectivity index (χ4n) is 2.38. The van der Waals surface area contributed by atoms with E-state index in [0.29, 0.717) is 5.75 Å². The molecule has 0 fully saturated rings. The summed E-state index contributed by atoms with van der Waals surface area (Å²) in [5, 5.41) is 5.43. The van der Waals surface area contributed by atoms with Gasteiger partial charge in [-0.1, -0.05) is 35.9 Å². The second-order valence-corrected chi connectivity index (χ2v) is 6.11. The molecule has 5 heteroatoms. The summed E-state index contributed by atoms with van der Waals surface area (Å²) in [6.45, 7) is 7.39. The Morgan fingerprint density at radius 3 is 2.20 bits per heavy atom. The van der Waals surface area contributed by atoms with Crippen molar-refractivity contribution in [2.24, 2.45) is 0 Å². The summed E-state index contributed by atoms with van der Waals surface area (Å²) in [5.41, 5.74) is 3.87. The quantitative estimate of drug-likeness (QED) is 0.849. The molecule has 0 saturated heterocycles. The molecule has 2 aromatic carbocycles. The van der Waals surface area contributed by atoms with Crippen LogP contribution in [0.15, 0.2) is 42.5 Å². The highest BCUT2D eigenvalue weighted by Gasteiger charge is 2.16. The van der Waals surface area contributed by atoms with E-state index in [4.69, 9.17) is 4.74 Å². The number of para-hydroxylation sites is 1. The molecule has 2 amide bonds. The van der Waals surface area contributed by atoms with Crippen LogP contribution in [0.25, 0.3) is 0 Å². The minimum Gasteiger partial charge on any atom is -0.481 e. The van der Waals surface area contributed by atoms with Crippen LogP contribution in [0.2, 0.25) is 0 Å². The molecule has 132 valence electrons. The summed E-state index contributed by atoms with van der Waals surface area (Å²) in [4.78, 5) is 24.2. The molecule has 0 radical (unpaired) electrons. The predicted molar refractivity (Wildman–Crippen MR) is 98.8 cm³/mol. The molecule has 0 aliphatic heterocycles. The van der Waals surface area contributed by atoms with Crippen LogP contribution in [0.4, 0.5) is 5.69 Å². The van der Waals surface area contributed by atoms with Crippen molar-refractivity contribution in [3.8, 4) is 5.75 Å². The number of amides is 2. The van der Waals surface area contributed by atoms with Crippen LogP contribution < -0.4 is 15.4 Å². The Bertz CT molecular complexity index is 734. The lowest BCUT2D eigenvalue weighted by molar-refractivity contribution is -0.129. The molecule has 0 aromatic heterocycles. The van der Waals surface area contributed by atoms with Crippen molar-refractivity contribution in [2.75, 3.05) is 11.9 Å². The van der Waals surface area contributed by atoms with E-state index >= 15 is 0 Å². The van der Waals surface area contributed by atoms with Crippen LogP contribution in [0, 0.1) is 20.8 Å². The lowest BCUT2D eigenvalue weighted by Crippen LogP contribution is -2.40. The van der Waals surface area contributed by atoms with Gasteiger partial charge in [-0.15, -0.1) is 0 Å². The van der Waals surface area contributed by atoms with Gasteiger partial charge >= 0.3 is 0 Å². The van der Waals surface area contributed by atoms with Gasteiger partial charge in [0.2, 0.25) is 5.91 Å². The van der Waals surface area contributed by atoms with Gasteiger partial charge in [0.15, 0.2) is 6.10 Å². The Balaban J connectivity index is 1.84. The predicted octanol–water partition coefficient (Wildman–Crippen LogP) is 3.13. The monoisotopic (exact) mass is 340 g/mol. The first-order valence-corrected chi connectivity index (χ1v) is 8.24. The first-order valence-electron chi connectivity index (χ1n) is 8.24. The van der Waals surface area contributed by atoms with E-state index < -0.39 is 6.10 Å². The molecule has 0 bridgehead atoms. The molecule has 5 nitrogen and oxygen atoms in total. The zero-order valence-corrected chi connectivity index (χ0v) is 15.1. The number of carbonyl (C=O) groups excluding carboxylic acids is 2. The second-order valence-electron chi connectivity index (χ2n) is 6.11. The van der Waals surface area contributed by atoms with E-state index in [0.717, 1.165) is 22.4 Å². The molecule has 2 aromatic rings. The summed E-state index contributed by atoms with van der Waals surface area (Å²) in [6, 6.07) is 13.2. The lowest BCUT2D eigenvalue weighted by atomic mass is 10.1. The first-order chi connectivity index (χ1) is 11.9. The number of nitrogens with one attached hydrogen (secondary N) is 2. The van der Waals surface area contributed by atoms with Crippen molar-refractivity contribution in [2.45, 2.75) is 33.8 Å². The maximum absolute atomic E-state index is 12.1. The van der Waals surface area contributed by atoms with Crippen LogP contribution in [-0.2, 0) is 9.59 Å². The van der Waals surface area contributed by atoms with Crippen molar-refractivity contribution < 1.29 is 14.3 Å². The van der Waals surface area contributed by atoms with Gasteiger partial charge in [0.05, 0.1) is 6.54 Å². The van der Waals surface area contributed by atoms with Crippen LogP contribution in [-0.4, -0.2) is 24.5 Å². The summed E-state index contributed by atoms with van der Waals surface area (Å²) >= 11 is 0. The molecule has 0 aliphatic rings. The van der Waals surface area contributed by atoms with E-state index in [-0.39, 0.29) is 18.4 Å². The highest BCUT2D eigenvalue weighted by atomic mass is 16.5. The zero-order chi connectivity index (χ0) is 18.4. The topological polar surface area (TPSA) is 67.4 Å². The molecule has 25 heavy (non-hydrogen) atoms. The largest absolute Gasteiger partial charge is 0.481 e. The fraction of sp³-hybridized carbons (Fsp3) is 0.300. The number of carbonyl (C=O) groups is 2. The van der Waals surface area contributed by atoms with Crippen molar-refractivity contribution in [1.82, 2.24) is 5.32 Å². The van der Waals surface area contributed by atoms with Crippen LogP contribution in [0.5, 0.6) is 5.75 Å². The highest BCUT2D eigenvalue weighted by Crippen LogP contribution is 2.19. The Hall–Kier alpha value is -2.82. The van der Waals surface area contributed by atoms with Crippen molar-refractivity contribution >= 4 is 17.5 Å². The van der Waals surface area contributed by atoms with E-state index in [1.807, 2.05) is 63.2 Å². The SMILES string of the molecule is Cc1ccc(OC(C)C(=O)NCC(=O)Nc2c(C)cccc2C)cc1. The number of ether oxygens (including phenoxy) is 1. The zero-order valence-electron chi connectivity index (χ0n) is 15.1. The van der Waals surface area contributed by atoms with E-state index in [1.54, 1.807) is 6.92 Å². The third-order valence-corrected chi connectivity index (χ3v) is 3.87. The van der Waals surface area contributed by atoms with Gasteiger partial charge in [-0.05, 0) is 51.0 Å². The molecule has 1 unspecified atom stereocenters. The third-order valence-electron chi connectivity index (χ3n) is 3.87. The Morgan fingerprint density at radius 1 is 1.00 bits per heavy atom. The van der Waals surface area contributed by atoms with Gasteiger partial charge in [0.1, 0.15) is 5.75 Å². The average Bonchev–Trinajstić information content (AvgIpc) is 2.58. The molecule has 2 rings (SSSR count). The van der Waals surface area contributed by atoms with Crippen molar-refractivity contribution in [1.29, 1.82) is 0 Å². The maximum atomic E-state index is 12.1. The van der Waals surface area contributed by atoms with E-state index in [2.05, 4.69) is 10.6 Å². The highest BCUT2D eigenvalue weighted by molar-refractivity contribution is 5.96. The van der Waals surface area contributed by atoms with E-state index in [1.165, 1.54) is 0 Å². The number of hydrogen-bond donors (Lipinski definition) is 2. The van der Waals surface area contributed by atoms with Gasteiger partial charge in [-0.25, -0.2) is 0 Å². The standard InChI is InChI=1S/C20H24N2O3/c1-13-8-10-17(11-9-13)25-16(4)20(24)21-12-18(23)22-19-14(2)6-5-7-15(19)3/h5-11,16H,12H2,1-4H3,(H,21,24)(H,22,23). The lowest BCUT2D eigenvalue weighted by Gasteiger charge is -2.15. The number of benzene rings is 2. The molecule has 1 atom stereocenters. The summed E-state index contributed by atoms with van der Waals surface area (Å²) in [5.74, 6) is 0.0127. The van der Waals surface area contributed by atoms with E-state index in [9.17, 15) is 9.59 Å². The average molecular weight is 340 g/mol. The normalized spacial score (nSPS) is 11.5. The van der Waals surface area contributed by atoms with Gasteiger partial charge in [0, 0.05) is 5.69 Å². The Morgan fingerprint density at radius 2 is 1.60 bits per heavy atom. The molecule has 0 saturated carbocycles. The van der Waals surface area contributed by atoms with Gasteiger partial charge in [0.25, 0.3) is 5.91 Å².